The molecule has 0 saturated heterocycles. The van der Waals surface area contributed by atoms with Gasteiger partial charge in [-0.05, 0) is 25.8 Å². The van der Waals surface area contributed by atoms with Crippen LogP contribution in [-0.4, -0.2) is 15.7 Å². The van der Waals surface area contributed by atoms with Gasteiger partial charge in [0.2, 0.25) is 0 Å². The summed E-state index contributed by atoms with van der Waals surface area (Å²) in [6.45, 7) is 8.43. The molecule has 1 aromatic heterocycles. The van der Waals surface area contributed by atoms with Crippen LogP contribution in [0.1, 0.15) is 36.4 Å². The van der Waals surface area contributed by atoms with Gasteiger partial charge in [-0.3, -0.25) is 9.48 Å². The summed E-state index contributed by atoms with van der Waals surface area (Å²) in [5, 5.41) is 4.45. The Hall–Kier alpha value is -2.24. The Morgan fingerprint density at radius 3 is 2.67 bits per heavy atom. The zero-order valence-corrected chi connectivity index (χ0v) is 14.4. The number of rotatable bonds is 6. The lowest BCUT2D eigenvalue weighted by molar-refractivity contribution is -0.144. The lowest BCUT2D eigenvalue weighted by atomic mass is 10.1. The van der Waals surface area contributed by atoms with E-state index in [0.717, 1.165) is 29.6 Å². The van der Waals surface area contributed by atoms with Gasteiger partial charge in [0.1, 0.15) is 6.61 Å². The van der Waals surface area contributed by atoms with Gasteiger partial charge < -0.3 is 4.74 Å². The Morgan fingerprint density at radius 1 is 1.29 bits per heavy atom. The van der Waals surface area contributed by atoms with Gasteiger partial charge in [-0.15, -0.1) is 0 Å². The number of esters is 1. The summed E-state index contributed by atoms with van der Waals surface area (Å²) >= 11 is 0. The fraction of sp³-hybridized carbons (Fsp3) is 0.444. The van der Waals surface area contributed by atoms with Crippen LogP contribution in [0.4, 0.5) is 8.78 Å². The van der Waals surface area contributed by atoms with Crippen molar-refractivity contribution in [2.75, 3.05) is 0 Å². The largest absolute Gasteiger partial charge is 0.460 e. The minimum absolute atomic E-state index is 0.0206. The van der Waals surface area contributed by atoms with E-state index in [2.05, 4.69) is 18.9 Å². The Labute approximate surface area is 140 Å². The standard InChI is InChI=1S/C18H22F2N2O2/c1-11(2)9-22-13(4)15(12(3)21-22)8-17(23)24-10-14-6-5-7-16(19)18(14)20/h5-7,11H,8-10H2,1-4H3. The number of aryl methyl sites for hydroxylation is 1. The molecule has 0 spiro atoms. The number of hydrogen-bond donors (Lipinski definition) is 0. The van der Waals surface area contributed by atoms with E-state index >= 15 is 0 Å². The van der Waals surface area contributed by atoms with Crippen molar-refractivity contribution in [3.05, 3.63) is 52.3 Å². The van der Waals surface area contributed by atoms with Crippen LogP contribution in [0.5, 0.6) is 0 Å². The zero-order valence-electron chi connectivity index (χ0n) is 14.4. The molecule has 0 aliphatic rings. The highest BCUT2D eigenvalue weighted by Crippen LogP contribution is 2.17. The number of aromatic nitrogens is 2. The molecule has 0 fully saturated rings. The Kier molecular flexibility index (Phi) is 5.70. The molecule has 0 bridgehead atoms. The van der Waals surface area contributed by atoms with Crippen molar-refractivity contribution in [3.8, 4) is 0 Å². The molecule has 0 atom stereocenters. The predicted molar refractivity (Wildman–Crippen MR) is 86.4 cm³/mol. The Balaban J connectivity index is 2.02. The Morgan fingerprint density at radius 2 is 2.00 bits per heavy atom. The molecule has 24 heavy (non-hydrogen) atoms. The third-order valence-corrected chi connectivity index (χ3v) is 3.81. The van der Waals surface area contributed by atoms with E-state index in [1.54, 1.807) is 0 Å². The normalized spacial score (nSPS) is 11.1. The van der Waals surface area contributed by atoms with E-state index in [-0.39, 0.29) is 18.6 Å². The molecule has 1 heterocycles. The molecule has 130 valence electrons. The maximum absolute atomic E-state index is 13.6. The molecule has 0 aliphatic heterocycles. The number of nitrogens with zero attached hydrogens (tertiary/aromatic N) is 2. The van der Waals surface area contributed by atoms with Crippen LogP contribution in [0.15, 0.2) is 18.2 Å². The van der Waals surface area contributed by atoms with Crippen LogP contribution in [0.3, 0.4) is 0 Å². The lowest BCUT2D eigenvalue weighted by Gasteiger charge is -2.08. The van der Waals surface area contributed by atoms with Crippen molar-refractivity contribution in [2.45, 2.75) is 47.3 Å². The first-order valence-corrected chi connectivity index (χ1v) is 7.91. The summed E-state index contributed by atoms with van der Waals surface area (Å²) in [5.74, 6) is -1.99. The van der Waals surface area contributed by atoms with Crippen molar-refractivity contribution in [1.82, 2.24) is 9.78 Å². The highest BCUT2D eigenvalue weighted by atomic mass is 19.2. The van der Waals surface area contributed by atoms with Crippen LogP contribution in [0, 0.1) is 31.4 Å². The van der Waals surface area contributed by atoms with E-state index in [1.165, 1.54) is 12.1 Å². The predicted octanol–water partition coefficient (Wildman–Crippen LogP) is 3.72. The molecule has 0 saturated carbocycles. The van der Waals surface area contributed by atoms with E-state index < -0.39 is 17.6 Å². The summed E-state index contributed by atoms with van der Waals surface area (Å²) < 4.78 is 33.7. The minimum Gasteiger partial charge on any atom is -0.460 e. The fourth-order valence-corrected chi connectivity index (χ4v) is 2.53. The molecule has 6 heteroatoms. The van der Waals surface area contributed by atoms with Gasteiger partial charge >= 0.3 is 5.97 Å². The van der Waals surface area contributed by atoms with Crippen LogP contribution in [0.2, 0.25) is 0 Å². The van der Waals surface area contributed by atoms with Crippen molar-refractivity contribution in [1.29, 1.82) is 0 Å². The van der Waals surface area contributed by atoms with Crippen LogP contribution < -0.4 is 0 Å². The molecule has 2 rings (SSSR count). The van der Waals surface area contributed by atoms with Gasteiger partial charge in [-0.25, -0.2) is 8.78 Å². The van der Waals surface area contributed by atoms with Crippen molar-refractivity contribution < 1.29 is 18.3 Å². The summed E-state index contributed by atoms with van der Waals surface area (Å²) in [5.41, 5.74) is 2.55. The quantitative estimate of drug-likeness (QED) is 0.755. The molecule has 2 aromatic rings. The van der Waals surface area contributed by atoms with Gasteiger partial charge in [0.25, 0.3) is 0 Å². The molecular formula is C18H22F2N2O2. The monoisotopic (exact) mass is 336 g/mol. The van der Waals surface area contributed by atoms with Gasteiger partial charge in [-0.1, -0.05) is 26.0 Å². The summed E-state index contributed by atoms with van der Waals surface area (Å²) in [6, 6.07) is 3.80. The van der Waals surface area contributed by atoms with Gasteiger partial charge in [0.15, 0.2) is 11.6 Å². The summed E-state index contributed by atoms with van der Waals surface area (Å²) in [4.78, 5) is 12.0. The van der Waals surface area contributed by atoms with Gasteiger partial charge in [-0.2, -0.15) is 5.10 Å². The molecule has 4 nitrogen and oxygen atoms in total. The minimum atomic E-state index is -0.984. The second-order valence-electron chi connectivity index (χ2n) is 6.28. The topological polar surface area (TPSA) is 44.1 Å². The smallest absolute Gasteiger partial charge is 0.310 e. The molecule has 1 aromatic carbocycles. The second-order valence-corrected chi connectivity index (χ2v) is 6.28. The number of halogens is 2. The SMILES string of the molecule is Cc1nn(CC(C)C)c(C)c1CC(=O)OCc1cccc(F)c1F. The van der Waals surface area contributed by atoms with Gasteiger partial charge in [0.05, 0.1) is 12.1 Å². The average Bonchev–Trinajstić information content (AvgIpc) is 2.75. The summed E-state index contributed by atoms with van der Waals surface area (Å²) in [7, 11) is 0. The summed E-state index contributed by atoms with van der Waals surface area (Å²) in [6.07, 6.45) is 0.0622. The molecule has 0 aliphatic carbocycles. The highest BCUT2D eigenvalue weighted by Gasteiger charge is 2.17. The maximum atomic E-state index is 13.6. The highest BCUT2D eigenvalue weighted by molar-refractivity contribution is 5.73. The van der Waals surface area contributed by atoms with Gasteiger partial charge in [0, 0.05) is 23.4 Å². The van der Waals surface area contributed by atoms with E-state index in [1.807, 2.05) is 18.5 Å². The van der Waals surface area contributed by atoms with Crippen LogP contribution in [-0.2, 0) is 29.1 Å². The first-order chi connectivity index (χ1) is 11.3. The number of carbonyl (C=O) groups excluding carboxylic acids is 1. The number of hydrogen-bond acceptors (Lipinski definition) is 3. The molecule has 0 unspecified atom stereocenters. The first kappa shape index (κ1) is 18.1. The first-order valence-electron chi connectivity index (χ1n) is 7.91. The number of carbonyl (C=O) groups is 1. The second kappa shape index (κ2) is 7.55. The van der Waals surface area contributed by atoms with Crippen LogP contribution in [0.25, 0.3) is 0 Å². The van der Waals surface area contributed by atoms with Crippen molar-refractivity contribution >= 4 is 5.97 Å². The fourth-order valence-electron chi connectivity index (χ4n) is 2.53. The van der Waals surface area contributed by atoms with E-state index in [4.69, 9.17) is 4.74 Å². The van der Waals surface area contributed by atoms with E-state index in [0.29, 0.717) is 5.92 Å². The number of ether oxygens (including phenoxy) is 1. The zero-order chi connectivity index (χ0) is 17.9. The van der Waals surface area contributed by atoms with Crippen LogP contribution >= 0.6 is 0 Å². The third-order valence-electron chi connectivity index (χ3n) is 3.81. The molecule has 0 radical (unpaired) electrons. The number of benzene rings is 1. The van der Waals surface area contributed by atoms with Crippen molar-refractivity contribution in [2.24, 2.45) is 5.92 Å². The van der Waals surface area contributed by atoms with Crippen molar-refractivity contribution in [3.63, 3.8) is 0 Å². The molecule has 0 amide bonds. The average molecular weight is 336 g/mol. The maximum Gasteiger partial charge on any atom is 0.310 e. The molecule has 0 N–H and O–H groups in total. The lowest BCUT2D eigenvalue weighted by Crippen LogP contribution is -2.11. The Bertz CT molecular complexity index is 739. The third kappa shape index (κ3) is 4.19. The molecular weight excluding hydrogens is 314 g/mol. The van der Waals surface area contributed by atoms with E-state index in [9.17, 15) is 13.6 Å².